The van der Waals surface area contributed by atoms with Gasteiger partial charge in [0.25, 0.3) is 0 Å². The number of Topliss-reactive ketones (excluding diaryl/α,β-unsaturated/α-hetero) is 1. The number of thiazole rings is 1. The molecule has 0 aliphatic carbocycles. The third-order valence-corrected chi connectivity index (χ3v) is 4.00. The number of nitrogens with zero attached hydrogens (tertiary/aromatic N) is 2. The lowest BCUT2D eigenvalue weighted by Gasteiger charge is -2.22. The second kappa shape index (κ2) is 6.08. The fourth-order valence-corrected chi connectivity index (χ4v) is 2.52. The highest BCUT2D eigenvalue weighted by molar-refractivity contribution is 7.09. The minimum absolute atomic E-state index is 0.148. The summed E-state index contributed by atoms with van der Waals surface area (Å²) < 4.78 is 0. The Kier molecular flexibility index (Phi) is 4.45. The number of rotatable bonds is 5. The second-order valence-corrected chi connectivity index (χ2v) is 5.74. The standard InChI is InChI=1S/C15H18N2OS/c1-11(15(18)13-7-5-4-6-8-13)17(3)9-14-10-19-12(2)16-14/h4-8,10-11H,9H2,1-3H3. The lowest BCUT2D eigenvalue weighted by Crippen LogP contribution is -2.35. The Hall–Kier alpha value is -1.52. The molecule has 0 saturated heterocycles. The van der Waals surface area contributed by atoms with Crippen molar-refractivity contribution >= 4 is 17.1 Å². The average Bonchev–Trinajstić information content (AvgIpc) is 2.83. The van der Waals surface area contributed by atoms with E-state index in [0.29, 0.717) is 6.54 Å². The highest BCUT2D eigenvalue weighted by atomic mass is 32.1. The van der Waals surface area contributed by atoms with Crippen LogP contribution in [0, 0.1) is 6.92 Å². The molecule has 0 radical (unpaired) electrons. The first-order valence-corrected chi connectivity index (χ1v) is 7.16. The van der Waals surface area contributed by atoms with Crippen molar-refractivity contribution < 1.29 is 4.79 Å². The number of hydrogen-bond acceptors (Lipinski definition) is 4. The molecule has 100 valence electrons. The molecule has 1 unspecified atom stereocenters. The van der Waals surface area contributed by atoms with E-state index in [1.54, 1.807) is 11.3 Å². The number of aryl methyl sites for hydroxylation is 1. The van der Waals surface area contributed by atoms with Gasteiger partial charge in [-0.25, -0.2) is 4.98 Å². The third kappa shape index (κ3) is 3.49. The number of carbonyl (C=O) groups is 1. The van der Waals surface area contributed by atoms with Crippen LogP contribution in [0.25, 0.3) is 0 Å². The molecule has 0 amide bonds. The van der Waals surface area contributed by atoms with Crippen molar-refractivity contribution in [2.75, 3.05) is 7.05 Å². The van der Waals surface area contributed by atoms with Crippen molar-refractivity contribution in [2.45, 2.75) is 26.4 Å². The van der Waals surface area contributed by atoms with Crippen molar-refractivity contribution in [1.82, 2.24) is 9.88 Å². The predicted octanol–water partition coefficient (Wildman–Crippen LogP) is 3.15. The summed E-state index contributed by atoms with van der Waals surface area (Å²) in [4.78, 5) is 18.8. The molecule has 2 aromatic rings. The van der Waals surface area contributed by atoms with Crippen LogP contribution in [-0.4, -0.2) is 28.8 Å². The van der Waals surface area contributed by atoms with Crippen LogP contribution in [0.2, 0.25) is 0 Å². The molecule has 0 fully saturated rings. The van der Waals surface area contributed by atoms with E-state index in [4.69, 9.17) is 0 Å². The molecule has 2 rings (SSSR count). The molecule has 1 atom stereocenters. The minimum Gasteiger partial charge on any atom is -0.292 e. The maximum atomic E-state index is 12.3. The quantitative estimate of drug-likeness (QED) is 0.785. The zero-order valence-electron chi connectivity index (χ0n) is 11.5. The number of carbonyl (C=O) groups excluding carboxylic acids is 1. The molecule has 3 nitrogen and oxygen atoms in total. The summed E-state index contributed by atoms with van der Waals surface area (Å²) in [6.07, 6.45) is 0. The number of benzene rings is 1. The van der Waals surface area contributed by atoms with Gasteiger partial charge in [-0.3, -0.25) is 9.69 Å². The van der Waals surface area contributed by atoms with Gasteiger partial charge in [0.2, 0.25) is 0 Å². The van der Waals surface area contributed by atoms with Gasteiger partial charge in [0.1, 0.15) is 0 Å². The molecule has 1 heterocycles. The van der Waals surface area contributed by atoms with Crippen LogP contribution in [0.15, 0.2) is 35.7 Å². The topological polar surface area (TPSA) is 33.2 Å². The summed E-state index contributed by atoms with van der Waals surface area (Å²) in [5.74, 6) is 0.148. The highest BCUT2D eigenvalue weighted by Crippen LogP contribution is 2.13. The molecule has 0 N–H and O–H groups in total. The first-order valence-electron chi connectivity index (χ1n) is 6.28. The fourth-order valence-electron chi connectivity index (χ4n) is 1.92. The first kappa shape index (κ1) is 13.9. The molecule has 0 bridgehead atoms. The molecular formula is C15H18N2OS. The van der Waals surface area contributed by atoms with Crippen molar-refractivity contribution in [3.63, 3.8) is 0 Å². The van der Waals surface area contributed by atoms with Gasteiger partial charge < -0.3 is 0 Å². The predicted molar refractivity (Wildman–Crippen MR) is 78.6 cm³/mol. The number of aromatic nitrogens is 1. The maximum Gasteiger partial charge on any atom is 0.179 e. The number of hydrogen-bond donors (Lipinski definition) is 0. The Morgan fingerprint density at radius 3 is 2.63 bits per heavy atom. The molecule has 19 heavy (non-hydrogen) atoms. The van der Waals surface area contributed by atoms with E-state index in [0.717, 1.165) is 16.3 Å². The van der Waals surface area contributed by atoms with E-state index in [9.17, 15) is 4.79 Å². The van der Waals surface area contributed by atoms with Crippen LogP contribution in [-0.2, 0) is 6.54 Å². The summed E-state index contributed by atoms with van der Waals surface area (Å²) in [6, 6.07) is 9.28. The fraction of sp³-hybridized carbons (Fsp3) is 0.333. The largest absolute Gasteiger partial charge is 0.292 e. The molecule has 0 spiro atoms. The van der Waals surface area contributed by atoms with Gasteiger partial charge in [-0.15, -0.1) is 11.3 Å². The number of likely N-dealkylation sites (N-methyl/N-ethyl adjacent to an activating group) is 1. The van der Waals surface area contributed by atoms with E-state index < -0.39 is 0 Å². The van der Waals surface area contributed by atoms with E-state index in [1.165, 1.54) is 0 Å². The normalized spacial score (nSPS) is 12.6. The van der Waals surface area contributed by atoms with Gasteiger partial charge in [-0.05, 0) is 20.9 Å². The monoisotopic (exact) mass is 274 g/mol. The molecule has 0 aliphatic heterocycles. The molecule has 1 aromatic carbocycles. The molecular weight excluding hydrogens is 256 g/mol. The van der Waals surface area contributed by atoms with Gasteiger partial charge in [0.05, 0.1) is 16.7 Å². The summed E-state index contributed by atoms with van der Waals surface area (Å²) in [5.41, 5.74) is 1.79. The van der Waals surface area contributed by atoms with E-state index in [-0.39, 0.29) is 11.8 Å². The van der Waals surface area contributed by atoms with Crippen molar-refractivity contribution in [2.24, 2.45) is 0 Å². The molecule has 0 aliphatic rings. The average molecular weight is 274 g/mol. The Morgan fingerprint density at radius 1 is 1.37 bits per heavy atom. The van der Waals surface area contributed by atoms with Crippen LogP contribution in [0.4, 0.5) is 0 Å². The Morgan fingerprint density at radius 2 is 2.05 bits per heavy atom. The van der Waals surface area contributed by atoms with E-state index in [1.807, 2.05) is 61.5 Å². The minimum atomic E-state index is -0.149. The van der Waals surface area contributed by atoms with Gasteiger partial charge in [0.15, 0.2) is 5.78 Å². The van der Waals surface area contributed by atoms with Crippen molar-refractivity contribution in [3.05, 3.63) is 52.0 Å². The van der Waals surface area contributed by atoms with Gasteiger partial charge in [0, 0.05) is 17.5 Å². The Bertz CT molecular complexity index is 550. The third-order valence-electron chi connectivity index (χ3n) is 3.18. The van der Waals surface area contributed by atoms with Crippen LogP contribution < -0.4 is 0 Å². The smallest absolute Gasteiger partial charge is 0.179 e. The number of ketones is 1. The molecule has 0 saturated carbocycles. The van der Waals surface area contributed by atoms with Crippen LogP contribution in [0.1, 0.15) is 28.0 Å². The van der Waals surface area contributed by atoms with Crippen LogP contribution >= 0.6 is 11.3 Å². The first-order chi connectivity index (χ1) is 9.08. The van der Waals surface area contributed by atoms with E-state index >= 15 is 0 Å². The van der Waals surface area contributed by atoms with Crippen LogP contribution in [0.5, 0.6) is 0 Å². The lowest BCUT2D eigenvalue weighted by atomic mass is 10.0. The Balaban J connectivity index is 2.03. The zero-order chi connectivity index (χ0) is 13.8. The maximum absolute atomic E-state index is 12.3. The summed E-state index contributed by atoms with van der Waals surface area (Å²) >= 11 is 1.64. The lowest BCUT2D eigenvalue weighted by molar-refractivity contribution is 0.0861. The summed E-state index contributed by atoms with van der Waals surface area (Å²) in [5, 5.41) is 3.11. The summed E-state index contributed by atoms with van der Waals surface area (Å²) in [6.45, 7) is 4.63. The van der Waals surface area contributed by atoms with Crippen molar-refractivity contribution in [1.29, 1.82) is 0 Å². The van der Waals surface area contributed by atoms with Crippen LogP contribution in [0.3, 0.4) is 0 Å². The Labute approximate surface area is 117 Å². The van der Waals surface area contributed by atoms with Gasteiger partial charge >= 0.3 is 0 Å². The van der Waals surface area contributed by atoms with E-state index in [2.05, 4.69) is 4.98 Å². The SMILES string of the molecule is Cc1nc(CN(C)C(C)C(=O)c2ccccc2)cs1. The highest BCUT2D eigenvalue weighted by Gasteiger charge is 2.20. The second-order valence-electron chi connectivity index (χ2n) is 4.68. The van der Waals surface area contributed by atoms with Gasteiger partial charge in [-0.2, -0.15) is 0 Å². The van der Waals surface area contributed by atoms with Crippen molar-refractivity contribution in [3.8, 4) is 0 Å². The molecule has 1 aromatic heterocycles. The summed E-state index contributed by atoms with van der Waals surface area (Å²) in [7, 11) is 1.96. The molecule has 4 heteroatoms. The zero-order valence-corrected chi connectivity index (χ0v) is 12.3. The van der Waals surface area contributed by atoms with Gasteiger partial charge in [-0.1, -0.05) is 30.3 Å².